The van der Waals surface area contributed by atoms with Crippen LogP contribution in [0.15, 0.2) is 36.9 Å². The summed E-state index contributed by atoms with van der Waals surface area (Å²) in [5.41, 5.74) is 1.65. The van der Waals surface area contributed by atoms with E-state index in [-0.39, 0.29) is 12.0 Å². The second kappa shape index (κ2) is 7.15. The van der Waals surface area contributed by atoms with Crippen molar-refractivity contribution >= 4 is 17.4 Å². The smallest absolute Gasteiger partial charge is 0.222 e. The zero-order chi connectivity index (χ0) is 16.1. The van der Waals surface area contributed by atoms with E-state index in [9.17, 15) is 4.79 Å². The number of nitrogens with zero attached hydrogens (tertiary/aromatic N) is 4. The molecule has 7 heteroatoms. The van der Waals surface area contributed by atoms with Gasteiger partial charge in [-0.05, 0) is 12.1 Å². The summed E-state index contributed by atoms with van der Waals surface area (Å²) in [6.07, 6.45) is 6.96. The molecule has 1 aliphatic heterocycles. The summed E-state index contributed by atoms with van der Waals surface area (Å²) < 4.78 is 5.75. The van der Waals surface area contributed by atoms with Crippen LogP contribution in [-0.4, -0.2) is 45.5 Å². The van der Waals surface area contributed by atoms with Crippen molar-refractivity contribution in [1.82, 2.24) is 19.9 Å². The Morgan fingerprint density at radius 3 is 2.96 bits per heavy atom. The summed E-state index contributed by atoms with van der Waals surface area (Å²) in [5.74, 6) is 0.815. The van der Waals surface area contributed by atoms with Gasteiger partial charge in [-0.1, -0.05) is 6.92 Å². The highest BCUT2D eigenvalue weighted by Gasteiger charge is 2.25. The maximum absolute atomic E-state index is 11.8. The molecule has 0 saturated carbocycles. The van der Waals surface area contributed by atoms with E-state index in [4.69, 9.17) is 4.74 Å². The lowest BCUT2D eigenvalue weighted by Gasteiger charge is -2.32. The number of hydrogen-bond acceptors (Lipinski definition) is 6. The predicted molar refractivity (Wildman–Crippen MR) is 85.1 cm³/mol. The van der Waals surface area contributed by atoms with Crippen molar-refractivity contribution in [3.63, 3.8) is 0 Å². The molecule has 2 aromatic rings. The molecule has 1 N–H and O–H groups in total. The number of hydrogen-bond donors (Lipinski definition) is 1. The Kier molecular flexibility index (Phi) is 4.77. The van der Waals surface area contributed by atoms with Crippen LogP contribution in [0.1, 0.15) is 25.1 Å². The van der Waals surface area contributed by atoms with Crippen molar-refractivity contribution in [1.29, 1.82) is 0 Å². The molecular formula is C16H19N5O2. The number of aromatic nitrogens is 3. The first kappa shape index (κ1) is 15.4. The van der Waals surface area contributed by atoms with Crippen LogP contribution in [0.2, 0.25) is 0 Å². The molecule has 1 aliphatic rings. The monoisotopic (exact) mass is 313 g/mol. The SMILES string of the molecule is CCC(=O)N1CCO[C@H](c2ccc(Nc3cnccn3)cn2)C1. The number of carbonyl (C=O) groups excluding carboxylic acids is 1. The van der Waals surface area contributed by atoms with Crippen LogP contribution in [-0.2, 0) is 9.53 Å². The molecule has 7 nitrogen and oxygen atoms in total. The van der Waals surface area contributed by atoms with E-state index in [1.165, 1.54) is 0 Å². The fraction of sp³-hybridized carbons (Fsp3) is 0.375. The van der Waals surface area contributed by atoms with Gasteiger partial charge in [-0.15, -0.1) is 0 Å². The standard InChI is InChI=1S/C16H19N5O2/c1-2-16(22)21-7-8-23-14(11-21)13-4-3-12(9-19-13)20-15-10-17-5-6-18-15/h3-6,9-10,14H,2,7-8,11H2,1H3,(H,18,20)/t14-/m0/s1. The first-order chi connectivity index (χ1) is 11.3. The topological polar surface area (TPSA) is 80.2 Å². The highest BCUT2D eigenvalue weighted by molar-refractivity contribution is 5.75. The average molecular weight is 313 g/mol. The minimum atomic E-state index is -0.176. The van der Waals surface area contributed by atoms with E-state index in [2.05, 4.69) is 20.3 Å². The van der Waals surface area contributed by atoms with E-state index < -0.39 is 0 Å². The van der Waals surface area contributed by atoms with Gasteiger partial charge < -0.3 is 15.0 Å². The van der Waals surface area contributed by atoms with Gasteiger partial charge in [0.25, 0.3) is 0 Å². The molecule has 0 bridgehead atoms. The second-order valence-corrected chi connectivity index (χ2v) is 5.24. The van der Waals surface area contributed by atoms with Gasteiger partial charge in [-0.25, -0.2) is 4.98 Å². The van der Waals surface area contributed by atoms with Crippen LogP contribution in [0.25, 0.3) is 0 Å². The van der Waals surface area contributed by atoms with E-state index in [1.807, 2.05) is 24.0 Å². The van der Waals surface area contributed by atoms with Gasteiger partial charge in [0.1, 0.15) is 11.9 Å². The fourth-order valence-corrected chi connectivity index (χ4v) is 2.46. The molecule has 3 rings (SSSR count). The molecule has 1 amide bonds. The van der Waals surface area contributed by atoms with Crippen LogP contribution < -0.4 is 5.32 Å². The number of amides is 1. The van der Waals surface area contributed by atoms with E-state index in [0.29, 0.717) is 31.9 Å². The zero-order valence-electron chi connectivity index (χ0n) is 13.0. The predicted octanol–water partition coefficient (Wildman–Crippen LogP) is 1.93. The number of carbonyl (C=O) groups is 1. The minimum absolute atomic E-state index is 0.152. The van der Waals surface area contributed by atoms with Gasteiger partial charge in [-0.2, -0.15) is 0 Å². The number of nitrogens with one attached hydrogen (secondary N) is 1. The van der Waals surface area contributed by atoms with Crippen molar-refractivity contribution in [2.75, 3.05) is 25.0 Å². The third-order valence-corrected chi connectivity index (χ3v) is 3.67. The average Bonchev–Trinajstić information content (AvgIpc) is 2.62. The number of anilines is 2. The highest BCUT2D eigenvalue weighted by atomic mass is 16.5. The van der Waals surface area contributed by atoms with Crippen LogP contribution in [0.3, 0.4) is 0 Å². The summed E-state index contributed by atoms with van der Waals surface area (Å²) >= 11 is 0. The summed E-state index contributed by atoms with van der Waals surface area (Å²) in [4.78, 5) is 26.3. The molecular weight excluding hydrogens is 294 g/mol. The van der Waals surface area contributed by atoms with Crippen LogP contribution in [0.5, 0.6) is 0 Å². The molecule has 1 saturated heterocycles. The molecule has 120 valence electrons. The summed E-state index contributed by atoms with van der Waals surface area (Å²) in [6.45, 7) is 3.61. The van der Waals surface area contributed by atoms with Crippen molar-refractivity contribution in [3.8, 4) is 0 Å². The van der Waals surface area contributed by atoms with Gasteiger partial charge >= 0.3 is 0 Å². The van der Waals surface area contributed by atoms with Gasteiger partial charge in [0.15, 0.2) is 0 Å². The van der Waals surface area contributed by atoms with Gasteiger partial charge in [-0.3, -0.25) is 14.8 Å². The van der Waals surface area contributed by atoms with Crippen LogP contribution in [0.4, 0.5) is 11.5 Å². The Bertz CT molecular complexity index is 647. The number of rotatable bonds is 4. The number of ether oxygens (including phenoxy) is 1. The molecule has 1 fully saturated rings. The lowest BCUT2D eigenvalue weighted by atomic mass is 10.1. The van der Waals surface area contributed by atoms with Crippen LogP contribution in [0, 0.1) is 0 Å². The lowest BCUT2D eigenvalue weighted by molar-refractivity contribution is -0.138. The molecule has 2 aromatic heterocycles. The molecule has 1 atom stereocenters. The highest BCUT2D eigenvalue weighted by Crippen LogP contribution is 2.22. The Hall–Kier alpha value is -2.54. The van der Waals surface area contributed by atoms with Gasteiger partial charge in [0, 0.05) is 25.4 Å². The van der Waals surface area contributed by atoms with E-state index in [0.717, 1.165) is 11.4 Å². The minimum Gasteiger partial charge on any atom is -0.368 e. The van der Waals surface area contributed by atoms with E-state index in [1.54, 1.807) is 24.8 Å². The fourth-order valence-electron chi connectivity index (χ4n) is 2.46. The molecule has 0 radical (unpaired) electrons. The van der Waals surface area contributed by atoms with Crippen molar-refractivity contribution in [2.45, 2.75) is 19.4 Å². The molecule has 0 aromatic carbocycles. The molecule has 0 spiro atoms. The second-order valence-electron chi connectivity index (χ2n) is 5.24. The third kappa shape index (κ3) is 3.81. The first-order valence-corrected chi connectivity index (χ1v) is 7.64. The maximum atomic E-state index is 11.8. The number of pyridine rings is 1. The summed E-state index contributed by atoms with van der Waals surface area (Å²) in [5, 5.41) is 3.13. The summed E-state index contributed by atoms with van der Waals surface area (Å²) in [7, 11) is 0. The Morgan fingerprint density at radius 1 is 1.35 bits per heavy atom. The van der Waals surface area contributed by atoms with Crippen molar-refractivity contribution < 1.29 is 9.53 Å². The van der Waals surface area contributed by atoms with Gasteiger partial charge in [0.2, 0.25) is 5.91 Å². The number of morpholine rings is 1. The quantitative estimate of drug-likeness (QED) is 0.929. The van der Waals surface area contributed by atoms with E-state index >= 15 is 0 Å². The third-order valence-electron chi connectivity index (χ3n) is 3.67. The Morgan fingerprint density at radius 2 is 2.26 bits per heavy atom. The first-order valence-electron chi connectivity index (χ1n) is 7.64. The molecule has 23 heavy (non-hydrogen) atoms. The van der Waals surface area contributed by atoms with Crippen molar-refractivity contribution in [3.05, 3.63) is 42.6 Å². The lowest BCUT2D eigenvalue weighted by Crippen LogP contribution is -2.42. The molecule has 0 aliphatic carbocycles. The molecule has 0 unspecified atom stereocenters. The van der Waals surface area contributed by atoms with Crippen LogP contribution >= 0.6 is 0 Å². The normalized spacial score (nSPS) is 17.8. The molecule has 3 heterocycles. The summed E-state index contributed by atoms with van der Waals surface area (Å²) in [6, 6.07) is 3.82. The Balaban J connectivity index is 1.66. The van der Waals surface area contributed by atoms with Gasteiger partial charge in [0.05, 0.1) is 36.9 Å². The zero-order valence-corrected chi connectivity index (χ0v) is 13.0. The maximum Gasteiger partial charge on any atom is 0.222 e. The Labute approximate surface area is 134 Å². The van der Waals surface area contributed by atoms with Crippen molar-refractivity contribution in [2.24, 2.45) is 0 Å². The largest absolute Gasteiger partial charge is 0.368 e.